The Morgan fingerprint density at radius 1 is 1.25 bits per heavy atom. The summed E-state index contributed by atoms with van der Waals surface area (Å²) in [4.78, 5) is 15.9. The molecule has 0 saturated heterocycles. The van der Waals surface area contributed by atoms with E-state index in [0.717, 1.165) is 17.3 Å². The van der Waals surface area contributed by atoms with E-state index in [2.05, 4.69) is 20.5 Å². The molecule has 3 aromatic rings. The maximum absolute atomic E-state index is 13.1. The van der Waals surface area contributed by atoms with E-state index in [0.29, 0.717) is 16.7 Å². The van der Waals surface area contributed by atoms with Crippen LogP contribution in [0.15, 0.2) is 53.9 Å². The van der Waals surface area contributed by atoms with Gasteiger partial charge in [0.1, 0.15) is 5.82 Å². The van der Waals surface area contributed by atoms with Crippen molar-refractivity contribution in [2.24, 2.45) is 0 Å². The van der Waals surface area contributed by atoms with Crippen molar-refractivity contribution in [3.63, 3.8) is 0 Å². The lowest BCUT2D eigenvalue weighted by atomic mass is 10.2. The van der Waals surface area contributed by atoms with Crippen LogP contribution in [0.1, 0.15) is 0 Å². The number of carbonyl (C=O) groups is 1. The van der Waals surface area contributed by atoms with Crippen LogP contribution in [0.2, 0.25) is 0 Å². The average molecular weight is 344 g/mol. The summed E-state index contributed by atoms with van der Waals surface area (Å²) in [6, 6.07) is 9.21. The number of carbonyl (C=O) groups excluding carboxylic acids is 1. The number of hydrogen-bond donors (Lipinski definition) is 2. The predicted octanol–water partition coefficient (Wildman–Crippen LogP) is 1.92. The Balaban J connectivity index is 1.63. The second-order valence-electron chi connectivity index (χ2n) is 4.76. The highest BCUT2D eigenvalue weighted by Gasteiger charge is 2.13. The van der Waals surface area contributed by atoms with E-state index in [4.69, 9.17) is 5.84 Å². The first-order chi connectivity index (χ1) is 11.6. The van der Waals surface area contributed by atoms with Crippen LogP contribution in [0.5, 0.6) is 0 Å². The SMILES string of the molecule is Nn1c(SCC(=O)Nc2cccc(F)c2)nnc1-c1ccncc1. The number of hydrogen-bond acceptors (Lipinski definition) is 6. The molecule has 0 aliphatic heterocycles. The fourth-order valence-corrected chi connectivity index (χ4v) is 2.62. The highest BCUT2D eigenvalue weighted by atomic mass is 32.2. The van der Waals surface area contributed by atoms with Crippen molar-refractivity contribution in [3.05, 3.63) is 54.6 Å². The van der Waals surface area contributed by atoms with Crippen molar-refractivity contribution >= 4 is 23.4 Å². The van der Waals surface area contributed by atoms with Crippen LogP contribution in [0.3, 0.4) is 0 Å². The number of halogens is 1. The van der Waals surface area contributed by atoms with Gasteiger partial charge in [-0.05, 0) is 30.3 Å². The van der Waals surface area contributed by atoms with Crippen LogP contribution in [-0.4, -0.2) is 31.5 Å². The molecule has 122 valence electrons. The van der Waals surface area contributed by atoms with Crippen molar-refractivity contribution in [2.45, 2.75) is 5.16 Å². The van der Waals surface area contributed by atoms with Gasteiger partial charge in [-0.2, -0.15) is 0 Å². The molecule has 2 heterocycles. The highest BCUT2D eigenvalue weighted by molar-refractivity contribution is 7.99. The number of nitrogen functional groups attached to an aromatic ring is 1. The second-order valence-corrected chi connectivity index (χ2v) is 5.70. The van der Waals surface area contributed by atoms with Gasteiger partial charge in [0, 0.05) is 23.6 Å². The normalized spacial score (nSPS) is 10.5. The fourth-order valence-electron chi connectivity index (χ4n) is 1.97. The van der Waals surface area contributed by atoms with Crippen molar-refractivity contribution in [2.75, 3.05) is 16.9 Å². The molecule has 3 rings (SSSR count). The summed E-state index contributed by atoms with van der Waals surface area (Å²) >= 11 is 1.14. The number of amides is 1. The molecule has 9 heteroatoms. The molecule has 0 atom stereocenters. The van der Waals surface area contributed by atoms with Crippen molar-refractivity contribution in [1.29, 1.82) is 0 Å². The maximum Gasteiger partial charge on any atom is 0.234 e. The minimum absolute atomic E-state index is 0.0716. The van der Waals surface area contributed by atoms with Gasteiger partial charge in [0.2, 0.25) is 11.1 Å². The lowest BCUT2D eigenvalue weighted by Crippen LogP contribution is -2.16. The molecular weight excluding hydrogens is 331 g/mol. The summed E-state index contributed by atoms with van der Waals surface area (Å²) in [6.07, 6.45) is 3.26. The number of nitrogens with two attached hydrogens (primary N) is 1. The van der Waals surface area contributed by atoms with Crippen LogP contribution >= 0.6 is 11.8 Å². The Hall–Kier alpha value is -2.94. The summed E-state index contributed by atoms with van der Waals surface area (Å²) in [5.41, 5.74) is 1.17. The van der Waals surface area contributed by atoms with Crippen molar-refractivity contribution in [1.82, 2.24) is 19.9 Å². The quantitative estimate of drug-likeness (QED) is 0.542. The van der Waals surface area contributed by atoms with Crippen molar-refractivity contribution in [3.8, 4) is 11.4 Å². The van der Waals surface area contributed by atoms with Crippen molar-refractivity contribution < 1.29 is 9.18 Å². The largest absolute Gasteiger partial charge is 0.335 e. The van der Waals surface area contributed by atoms with Gasteiger partial charge < -0.3 is 11.2 Å². The molecule has 0 bridgehead atoms. The highest BCUT2D eigenvalue weighted by Crippen LogP contribution is 2.21. The molecule has 1 amide bonds. The van der Waals surface area contributed by atoms with Gasteiger partial charge in [-0.1, -0.05) is 17.8 Å². The van der Waals surface area contributed by atoms with Crippen LogP contribution in [-0.2, 0) is 4.79 Å². The molecule has 0 aliphatic carbocycles. The first-order valence-corrected chi connectivity index (χ1v) is 7.91. The summed E-state index contributed by atoms with van der Waals surface area (Å²) in [5, 5.41) is 11.0. The average Bonchev–Trinajstić information content (AvgIpc) is 2.94. The summed E-state index contributed by atoms with van der Waals surface area (Å²) < 4.78 is 14.4. The van der Waals surface area contributed by atoms with Crippen LogP contribution < -0.4 is 11.2 Å². The minimum Gasteiger partial charge on any atom is -0.335 e. The molecule has 0 aliphatic rings. The van der Waals surface area contributed by atoms with Gasteiger partial charge in [0.25, 0.3) is 0 Å². The first-order valence-electron chi connectivity index (χ1n) is 6.92. The van der Waals surface area contributed by atoms with E-state index in [1.165, 1.54) is 22.9 Å². The third-order valence-electron chi connectivity index (χ3n) is 3.04. The lowest BCUT2D eigenvalue weighted by Gasteiger charge is -2.05. The third-order valence-corrected chi connectivity index (χ3v) is 3.99. The molecule has 7 nitrogen and oxygen atoms in total. The standard InChI is InChI=1S/C15H13FN6OS/c16-11-2-1-3-12(8-11)19-13(23)9-24-15-21-20-14(22(15)17)10-4-6-18-7-5-10/h1-8H,9,17H2,(H,19,23). The predicted molar refractivity (Wildman–Crippen MR) is 89.2 cm³/mol. The number of pyridine rings is 1. The van der Waals surface area contributed by atoms with E-state index in [1.807, 2.05) is 0 Å². The Bertz CT molecular complexity index is 854. The van der Waals surface area contributed by atoms with E-state index in [1.54, 1.807) is 30.6 Å². The van der Waals surface area contributed by atoms with Crippen LogP contribution in [0, 0.1) is 5.82 Å². The molecule has 2 aromatic heterocycles. The van der Waals surface area contributed by atoms with E-state index in [-0.39, 0.29) is 11.7 Å². The van der Waals surface area contributed by atoms with Crippen LogP contribution in [0.4, 0.5) is 10.1 Å². The summed E-state index contributed by atoms with van der Waals surface area (Å²) in [6.45, 7) is 0. The zero-order valence-electron chi connectivity index (χ0n) is 12.4. The summed E-state index contributed by atoms with van der Waals surface area (Å²) in [7, 11) is 0. The molecule has 0 fully saturated rings. The molecule has 0 saturated carbocycles. The van der Waals surface area contributed by atoms with Gasteiger partial charge in [0.05, 0.1) is 5.75 Å². The number of aromatic nitrogens is 4. The zero-order chi connectivity index (χ0) is 16.9. The summed E-state index contributed by atoms with van der Waals surface area (Å²) in [5.74, 6) is 5.81. The minimum atomic E-state index is -0.413. The Morgan fingerprint density at radius 3 is 2.79 bits per heavy atom. The number of benzene rings is 1. The number of nitrogens with one attached hydrogen (secondary N) is 1. The molecule has 3 N–H and O–H groups in total. The molecule has 0 spiro atoms. The number of anilines is 1. The van der Waals surface area contributed by atoms with Gasteiger partial charge in [-0.15, -0.1) is 10.2 Å². The molecule has 1 aromatic carbocycles. The molecule has 0 radical (unpaired) electrons. The lowest BCUT2D eigenvalue weighted by molar-refractivity contribution is -0.113. The molecule has 0 unspecified atom stereocenters. The van der Waals surface area contributed by atoms with Gasteiger partial charge >= 0.3 is 0 Å². The maximum atomic E-state index is 13.1. The van der Waals surface area contributed by atoms with Crippen LogP contribution in [0.25, 0.3) is 11.4 Å². The van der Waals surface area contributed by atoms with Gasteiger partial charge in [-0.25, -0.2) is 9.07 Å². The smallest absolute Gasteiger partial charge is 0.234 e. The van der Waals surface area contributed by atoms with Gasteiger partial charge in [0.15, 0.2) is 5.82 Å². The molecular formula is C15H13FN6OS. The van der Waals surface area contributed by atoms with E-state index in [9.17, 15) is 9.18 Å². The Kier molecular flexibility index (Phi) is 4.71. The topological polar surface area (TPSA) is 98.7 Å². The Morgan fingerprint density at radius 2 is 2.04 bits per heavy atom. The number of nitrogens with zero attached hydrogens (tertiary/aromatic N) is 4. The van der Waals surface area contributed by atoms with E-state index < -0.39 is 5.82 Å². The molecule has 24 heavy (non-hydrogen) atoms. The third kappa shape index (κ3) is 3.69. The number of thioether (sulfide) groups is 1. The van der Waals surface area contributed by atoms with Gasteiger partial charge in [-0.3, -0.25) is 9.78 Å². The number of rotatable bonds is 5. The Labute approximate surface area is 141 Å². The monoisotopic (exact) mass is 344 g/mol. The second kappa shape index (κ2) is 7.09. The zero-order valence-corrected chi connectivity index (χ0v) is 13.2. The first kappa shape index (κ1) is 15.9. The fraction of sp³-hybridized carbons (Fsp3) is 0.0667. The van der Waals surface area contributed by atoms with E-state index >= 15 is 0 Å².